The van der Waals surface area contributed by atoms with Crippen molar-refractivity contribution in [2.24, 2.45) is 0 Å². The molecule has 0 bridgehead atoms. The predicted molar refractivity (Wildman–Crippen MR) is 77.4 cm³/mol. The van der Waals surface area contributed by atoms with Crippen LogP contribution in [-0.2, 0) is 9.47 Å². The van der Waals surface area contributed by atoms with Gasteiger partial charge in [-0.1, -0.05) is 0 Å². The fourth-order valence-electron chi connectivity index (χ4n) is 2.92. The average molecular weight is 345 g/mol. The van der Waals surface area contributed by atoms with Gasteiger partial charge >= 0.3 is 6.18 Å². The third-order valence-electron chi connectivity index (χ3n) is 4.03. The highest BCUT2D eigenvalue weighted by atomic mass is 19.4. The van der Waals surface area contributed by atoms with E-state index in [4.69, 9.17) is 9.47 Å². The molecular weight excluding hydrogens is 327 g/mol. The van der Waals surface area contributed by atoms with Crippen molar-refractivity contribution in [3.05, 3.63) is 24.4 Å². The molecule has 24 heavy (non-hydrogen) atoms. The van der Waals surface area contributed by atoms with Gasteiger partial charge in [0.1, 0.15) is 6.61 Å². The smallest absolute Gasteiger partial charge is 0.380 e. The molecule has 7 nitrogen and oxygen atoms in total. The minimum absolute atomic E-state index is 0.00759. The first-order valence-electron chi connectivity index (χ1n) is 7.54. The van der Waals surface area contributed by atoms with Gasteiger partial charge in [-0.15, -0.1) is 10.2 Å². The summed E-state index contributed by atoms with van der Waals surface area (Å²) < 4.78 is 48.4. The Morgan fingerprint density at radius 2 is 2.17 bits per heavy atom. The van der Waals surface area contributed by atoms with Crippen molar-refractivity contribution >= 4 is 5.65 Å². The highest BCUT2D eigenvalue weighted by molar-refractivity contribution is 5.34. The van der Waals surface area contributed by atoms with Gasteiger partial charge in [0.05, 0.1) is 24.9 Å². The van der Waals surface area contributed by atoms with E-state index in [1.807, 2.05) is 9.30 Å². The second kappa shape index (κ2) is 6.99. The molecule has 0 unspecified atom stereocenters. The molecule has 0 saturated carbocycles. The summed E-state index contributed by atoms with van der Waals surface area (Å²) in [6.45, 7) is -0.277. The van der Waals surface area contributed by atoms with Crippen LogP contribution >= 0.6 is 0 Å². The van der Waals surface area contributed by atoms with Gasteiger partial charge in [-0.3, -0.25) is 14.3 Å². The number of rotatable bonds is 6. The fourth-order valence-corrected chi connectivity index (χ4v) is 2.92. The third-order valence-corrected chi connectivity index (χ3v) is 4.03. The molecule has 1 fully saturated rings. The maximum Gasteiger partial charge on any atom is 0.411 e. The molecule has 2 aromatic rings. The fraction of sp³-hybridized carbons (Fsp3) is 0.643. The summed E-state index contributed by atoms with van der Waals surface area (Å²) in [5.74, 6) is 0.725. The van der Waals surface area contributed by atoms with Crippen LogP contribution in [0.4, 0.5) is 13.2 Å². The van der Waals surface area contributed by atoms with Crippen LogP contribution in [0.5, 0.6) is 0 Å². The van der Waals surface area contributed by atoms with E-state index in [1.165, 1.54) is 0 Å². The first-order valence-corrected chi connectivity index (χ1v) is 7.54. The lowest BCUT2D eigenvalue weighted by molar-refractivity contribution is -0.174. The summed E-state index contributed by atoms with van der Waals surface area (Å²) in [5, 5.41) is 8.30. The normalized spacial score (nSPS) is 22.5. The largest absolute Gasteiger partial charge is 0.411 e. The highest BCUT2D eigenvalue weighted by Crippen LogP contribution is 2.32. The SMILES string of the molecule is CO[C@@H]1C[C@@H](c2nnc3cnccn23)N(CCOCC(F)(F)F)C1. The van der Waals surface area contributed by atoms with Gasteiger partial charge in [0, 0.05) is 32.6 Å². The van der Waals surface area contributed by atoms with E-state index in [0.29, 0.717) is 25.2 Å². The molecule has 3 rings (SSSR count). The Morgan fingerprint density at radius 1 is 1.33 bits per heavy atom. The number of likely N-dealkylation sites (tertiary alicyclic amines) is 1. The van der Waals surface area contributed by atoms with Crippen molar-refractivity contribution in [1.82, 2.24) is 24.5 Å². The molecule has 1 aliphatic heterocycles. The highest BCUT2D eigenvalue weighted by Gasteiger charge is 2.36. The first kappa shape index (κ1) is 17.1. The number of fused-ring (bicyclic) bond motifs is 1. The Morgan fingerprint density at radius 3 is 2.92 bits per heavy atom. The Labute approximate surface area is 136 Å². The van der Waals surface area contributed by atoms with Crippen LogP contribution < -0.4 is 0 Å². The molecule has 0 N–H and O–H groups in total. The molecule has 2 atom stereocenters. The van der Waals surface area contributed by atoms with E-state index >= 15 is 0 Å². The second-order valence-corrected chi connectivity index (χ2v) is 5.63. The Kier molecular flexibility index (Phi) is 4.97. The molecule has 0 spiro atoms. The number of ether oxygens (including phenoxy) is 2. The van der Waals surface area contributed by atoms with Gasteiger partial charge < -0.3 is 9.47 Å². The summed E-state index contributed by atoms with van der Waals surface area (Å²) in [7, 11) is 1.62. The van der Waals surface area contributed by atoms with Crippen molar-refractivity contribution in [3.63, 3.8) is 0 Å². The molecule has 10 heteroatoms. The number of hydrogen-bond acceptors (Lipinski definition) is 6. The van der Waals surface area contributed by atoms with Crippen LogP contribution in [0.25, 0.3) is 5.65 Å². The lowest BCUT2D eigenvalue weighted by Crippen LogP contribution is -2.31. The minimum Gasteiger partial charge on any atom is -0.380 e. The first-order chi connectivity index (χ1) is 11.5. The van der Waals surface area contributed by atoms with E-state index in [0.717, 1.165) is 5.82 Å². The van der Waals surface area contributed by atoms with Gasteiger partial charge in [0.2, 0.25) is 0 Å². The number of aromatic nitrogens is 4. The van der Waals surface area contributed by atoms with Crippen molar-refractivity contribution in [2.75, 3.05) is 33.4 Å². The second-order valence-electron chi connectivity index (χ2n) is 5.63. The predicted octanol–water partition coefficient (Wildman–Crippen LogP) is 1.46. The van der Waals surface area contributed by atoms with Crippen molar-refractivity contribution in [3.8, 4) is 0 Å². The standard InChI is InChI=1S/C14H18F3N5O2/c1-23-10-6-11(13-20-19-12-7-18-2-3-22(12)13)21(8-10)4-5-24-9-14(15,16)17/h2-3,7,10-11H,4-6,8-9H2,1H3/t10-,11+/m1/s1. The zero-order valence-corrected chi connectivity index (χ0v) is 13.1. The lowest BCUT2D eigenvalue weighted by atomic mass is 10.2. The topological polar surface area (TPSA) is 64.8 Å². The maximum atomic E-state index is 12.2. The van der Waals surface area contributed by atoms with E-state index in [9.17, 15) is 13.2 Å². The van der Waals surface area contributed by atoms with E-state index < -0.39 is 12.8 Å². The quantitative estimate of drug-likeness (QED) is 0.739. The third kappa shape index (κ3) is 3.82. The van der Waals surface area contributed by atoms with E-state index in [1.54, 1.807) is 25.7 Å². The van der Waals surface area contributed by atoms with E-state index in [2.05, 4.69) is 15.2 Å². The summed E-state index contributed by atoms with van der Waals surface area (Å²) in [5.41, 5.74) is 0.627. The lowest BCUT2D eigenvalue weighted by Gasteiger charge is -2.22. The van der Waals surface area contributed by atoms with Crippen LogP contribution in [0.15, 0.2) is 18.6 Å². The van der Waals surface area contributed by atoms with Crippen molar-refractivity contribution in [2.45, 2.75) is 24.7 Å². The summed E-state index contributed by atoms with van der Waals surface area (Å²) in [6.07, 6.45) is 1.39. The Hall–Kier alpha value is -1.78. The molecule has 0 radical (unpaired) electrons. The zero-order valence-electron chi connectivity index (χ0n) is 13.1. The molecule has 0 aromatic carbocycles. The van der Waals surface area contributed by atoms with Crippen molar-refractivity contribution in [1.29, 1.82) is 0 Å². The molecule has 2 aromatic heterocycles. The number of halogens is 3. The van der Waals surface area contributed by atoms with Crippen LogP contribution in [0, 0.1) is 0 Å². The summed E-state index contributed by atoms with van der Waals surface area (Å²) in [6, 6.07) is -0.0955. The molecule has 0 amide bonds. The van der Waals surface area contributed by atoms with Gasteiger partial charge in [0.25, 0.3) is 0 Å². The molecule has 132 valence electrons. The van der Waals surface area contributed by atoms with Gasteiger partial charge in [-0.2, -0.15) is 13.2 Å². The zero-order chi connectivity index (χ0) is 17.2. The van der Waals surface area contributed by atoms with Crippen LogP contribution in [0.1, 0.15) is 18.3 Å². The molecule has 3 heterocycles. The number of methoxy groups -OCH3 is 1. The molecule has 0 aliphatic carbocycles. The average Bonchev–Trinajstić information content (AvgIpc) is 3.14. The van der Waals surface area contributed by atoms with E-state index in [-0.39, 0.29) is 18.8 Å². The molecule has 1 aliphatic rings. The monoisotopic (exact) mass is 345 g/mol. The van der Waals surface area contributed by atoms with Crippen LogP contribution in [0.2, 0.25) is 0 Å². The minimum atomic E-state index is -4.31. The van der Waals surface area contributed by atoms with Crippen LogP contribution in [0.3, 0.4) is 0 Å². The van der Waals surface area contributed by atoms with Gasteiger partial charge in [-0.25, -0.2) is 0 Å². The van der Waals surface area contributed by atoms with Crippen LogP contribution in [-0.4, -0.2) is 70.2 Å². The summed E-state index contributed by atoms with van der Waals surface area (Å²) >= 11 is 0. The number of hydrogen-bond donors (Lipinski definition) is 0. The van der Waals surface area contributed by atoms with Crippen molar-refractivity contribution < 1.29 is 22.6 Å². The number of nitrogens with zero attached hydrogens (tertiary/aromatic N) is 5. The summed E-state index contributed by atoms with van der Waals surface area (Å²) in [4.78, 5) is 6.01. The molecule has 1 saturated heterocycles. The van der Waals surface area contributed by atoms with Gasteiger partial charge in [-0.05, 0) is 6.42 Å². The van der Waals surface area contributed by atoms with Gasteiger partial charge in [0.15, 0.2) is 11.5 Å². The Bertz CT molecular complexity index is 678. The number of alkyl halides is 3. The molecular formula is C14H18F3N5O2. The maximum absolute atomic E-state index is 12.2. The Balaban J connectivity index is 1.70.